The van der Waals surface area contributed by atoms with E-state index in [0.717, 1.165) is 5.69 Å². The molecular weight excluding hydrogens is 404 g/mol. The van der Waals surface area contributed by atoms with Gasteiger partial charge in [0.1, 0.15) is 0 Å². The number of carbonyl (C=O) groups excluding carboxylic acids is 3. The first-order valence-electron chi connectivity index (χ1n) is 9.64. The standard InChI is InChI=1S/C21H20N4O4S/c1-13-11-18(27)25-14(12-30-21(25)23-13)8-9-22-17(26)7-4-10-24-19(28)15-5-2-3-6-16(15)20(24)29/h2-3,5-6,11-12H,4,7-10H2,1H3,(H,22,26). The predicted molar refractivity (Wildman–Crippen MR) is 112 cm³/mol. The van der Waals surface area contributed by atoms with Crippen LogP contribution in [0.25, 0.3) is 4.96 Å². The van der Waals surface area contributed by atoms with E-state index < -0.39 is 0 Å². The molecule has 0 spiro atoms. The van der Waals surface area contributed by atoms with Crippen LogP contribution in [0, 0.1) is 6.92 Å². The summed E-state index contributed by atoms with van der Waals surface area (Å²) in [7, 11) is 0. The number of fused-ring (bicyclic) bond motifs is 2. The molecule has 0 atom stereocenters. The fraction of sp³-hybridized carbons (Fsp3) is 0.286. The van der Waals surface area contributed by atoms with Crippen molar-refractivity contribution in [3.8, 4) is 0 Å². The first-order valence-corrected chi connectivity index (χ1v) is 10.5. The van der Waals surface area contributed by atoms with Gasteiger partial charge in [-0.15, -0.1) is 11.3 Å². The molecule has 0 bridgehead atoms. The lowest BCUT2D eigenvalue weighted by atomic mass is 10.1. The maximum atomic E-state index is 12.3. The number of hydrogen-bond acceptors (Lipinski definition) is 6. The second-order valence-electron chi connectivity index (χ2n) is 7.09. The minimum Gasteiger partial charge on any atom is -0.356 e. The van der Waals surface area contributed by atoms with E-state index in [1.807, 2.05) is 5.38 Å². The zero-order valence-corrected chi connectivity index (χ0v) is 17.2. The van der Waals surface area contributed by atoms with Gasteiger partial charge in [-0.25, -0.2) is 4.98 Å². The summed E-state index contributed by atoms with van der Waals surface area (Å²) in [5, 5.41) is 4.70. The molecule has 1 N–H and O–H groups in total. The Kier molecular flexibility index (Phi) is 5.45. The van der Waals surface area contributed by atoms with Crippen molar-refractivity contribution < 1.29 is 14.4 Å². The van der Waals surface area contributed by atoms with Gasteiger partial charge in [-0.2, -0.15) is 0 Å². The summed E-state index contributed by atoms with van der Waals surface area (Å²) in [4.78, 5) is 55.1. The molecule has 30 heavy (non-hydrogen) atoms. The Bertz CT molecular complexity index is 1180. The lowest BCUT2D eigenvalue weighted by Gasteiger charge is -2.13. The van der Waals surface area contributed by atoms with Crippen LogP contribution in [0.5, 0.6) is 0 Å². The first-order chi connectivity index (χ1) is 14.5. The van der Waals surface area contributed by atoms with Crippen LogP contribution in [0.1, 0.15) is 44.9 Å². The molecule has 0 aliphatic carbocycles. The van der Waals surface area contributed by atoms with Gasteiger partial charge in [0.2, 0.25) is 5.91 Å². The zero-order chi connectivity index (χ0) is 21.3. The predicted octanol–water partition coefficient (Wildman–Crippen LogP) is 1.80. The maximum absolute atomic E-state index is 12.3. The molecule has 4 rings (SSSR count). The van der Waals surface area contributed by atoms with Crippen molar-refractivity contribution in [2.45, 2.75) is 26.2 Å². The van der Waals surface area contributed by atoms with E-state index in [-0.39, 0.29) is 36.2 Å². The Morgan fingerprint density at radius 3 is 2.53 bits per heavy atom. The van der Waals surface area contributed by atoms with Gasteiger partial charge in [-0.1, -0.05) is 12.1 Å². The van der Waals surface area contributed by atoms with E-state index in [0.29, 0.717) is 41.2 Å². The van der Waals surface area contributed by atoms with Crippen LogP contribution in [0.15, 0.2) is 40.5 Å². The molecule has 9 heteroatoms. The summed E-state index contributed by atoms with van der Waals surface area (Å²) in [6.45, 7) is 2.37. The molecule has 3 amide bonds. The van der Waals surface area contributed by atoms with E-state index in [1.54, 1.807) is 35.6 Å². The van der Waals surface area contributed by atoms with E-state index in [9.17, 15) is 19.2 Å². The van der Waals surface area contributed by atoms with Crippen molar-refractivity contribution >= 4 is 34.0 Å². The summed E-state index contributed by atoms with van der Waals surface area (Å²) in [6, 6.07) is 8.21. The second-order valence-corrected chi connectivity index (χ2v) is 7.93. The third kappa shape index (κ3) is 3.76. The Morgan fingerprint density at radius 1 is 1.13 bits per heavy atom. The van der Waals surface area contributed by atoms with Crippen LogP contribution in [-0.4, -0.2) is 45.1 Å². The highest BCUT2D eigenvalue weighted by Crippen LogP contribution is 2.22. The number of hydrogen-bond donors (Lipinski definition) is 1. The molecule has 0 unspecified atom stereocenters. The number of nitrogens with one attached hydrogen (secondary N) is 1. The molecule has 0 radical (unpaired) electrons. The van der Waals surface area contributed by atoms with Crippen LogP contribution >= 0.6 is 11.3 Å². The molecule has 8 nitrogen and oxygen atoms in total. The SMILES string of the molecule is Cc1cc(=O)n2c(CCNC(=O)CCCN3C(=O)c4ccccc4C3=O)csc2n1. The number of rotatable bonds is 7. The number of amides is 3. The van der Waals surface area contributed by atoms with Crippen LogP contribution in [0.4, 0.5) is 0 Å². The molecule has 1 aliphatic heterocycles. The Morgan fingerprint density at radius 2 is 1.83 bits per heavy atom. The molecular formula is C21H20N4O4S. The molecule has 3 aromatic rings. The highest BCUT2D eigenvalue weighted by atomic mass is 32.1. The van der Waals surface area contributed by atoms with E-state index in [2.05, 4.69) is 10.3 Å². The van der Waals surface area contributed by atoms with Crippen molar-refractivity contribution in [3.63, 3.8) is 0 Å². The molecule has 0 fully saturated rings. The quantitative estimate of drug-likeness (QED) is 0.583. The fourth-order valence-electron chi connectivity index (χ4n) is 3.52. The monoisotopic (exact) mass is 424 g/mol. The number of imide groups is 1. The number of aromatic nitrogens is 2. The highest BCUT2D eigenvalue weighted by molar-refractivity contribution is 7.15. The summed E-state index contributed by atoms with van der Waals surface area (Å²) in [5.41, 5.74) is 2.18. The van der Waals surface area contributed by atoms with Gasteiger partial charge in [-0.05, 0) is 25.5 Å². The van der Waals surface area contributed by atoms with Crippen molar-refractivity contribution in [1.82, 2.24) is 19.6 Å². The lowest BCUT2D eigenvalue weighted by Crippen LogP contribution is -2.32. The minimum absolute atomic E-state index is 0.124. The normalized spacial score (nSPS) is 13.2. The highest BCUT2D eigenvalue weighted by Gasteiger charge is 2.34. The Labute approximate surface area is 176 Å². The van der Waals surface area contributed by atoms with Crippen molar-refractivity contribution in [2.75, 3.05) is 13.1 Å². The van der Waals surface area contributed by atoms with Crippen molar-refractivity contribution in [1.29, 1.82) is 0 Å². The number of carbonyl (C=O) groups is 3. The van der Waals surface area contributed by atoms with E-state index in [1.165, 1.54) is 22.3 Å². The summed E-state index contributed by atoms with van der Waals surface area (Å²) < 4.78 is 1.56. The van der Waals surface area contributed by atoms with Gasteiger partial charge >= 0.3 is 0 Å². The number of thiazole rings is 1. The summed E-state index contributed by atoms with van der Waals surface area (Å²) in [5.74, 6) is -0.781. The average molecular weight is 424 g/mol. The Balaban J connectivity index is 1.25. The molecule has 0 saturated carbocycles. The second kappa shape index (κ2) is 8.19. The van der Waals surface area contributed by atoms with Gasteiger partial charge in [0, 0.05) is 48.8 Å². The van der Waals surface area contributed by atoms with Gasteiger partial charge in [0.25, 0.3) is 17.4 Å². The van der Waals surface area contributed by atoms with Gasteiger partial charge in [0.15, 0.2) is 4.96 Å². The third-order valence-electron chi connectivity index (χ3n) is 4.97. The third-order valence-corrected chi connectivity index (χ3v) is 5.85. The van der Waals surface area contributed by atoms with E-state index >= 15 is 0 Å². The molecule has 1 aromatic carbocycles. The fourth-order valence-corrected chi connectivity index (χ4v) is 4.49. The average Bonchev–Trinajstić information content (AvgIpc) is 3.23. The lowest BCUT2D eigenvalue weighted by molar-refractivity contribution is -0.121. The maximum Gasteiger partial charge on any atom is 0.261 e. The number of aryl methyl sites for hydroxylation is 1. The van der Waals surface area contributed by atoms with Gasteiger partial charge < -0.3 is 5.32 Å². The largest absolute Gasteiger partial charge is 0.356 e. The minimum atomic E-state index is -0.311. The van der Waals surface area contributed by atoms with Gasteiger partial charge in [0.05, 0.1) is 11.1 Å². The number of nitrogens with zero attached hydrogens (tertiary/aromatic N) is 3. The van der Waals surface area contributed by atoms with Crippen molar-refractivity contribution in [2.24, 2.45) is 0 Å². The van der Waals surface area contributed by atoms with Gasteiger partial charge in [-0.3, -0.25) is 28.5 Å². The van der Waals surface area contributed by atoms with Crippen LogP contribution in [0.3, 0.4) is 0 Å². The molecule has 0 saturated heterocycles. The molecule has 1 aliphatic rings. The zero-order valence-electron chi connectivity index (χ0n) is 16.4. The topological polar surface area (TPSA) is 101 Å². The molecule has 2 aromatic heterocycles. The smallest absolute Gasteiger partial charge is 0.261 e. The molecule has 3 heterocycles. The van der Waals surface area contributed by atoms with Crippen molar-refractivity contribution in [3.05, 3.63) is 68.6 Å². The van der Waals surface area contributed by atoms with Crippen LogP contribution < -0.4 is 10.9 Å². The molecule has 154 valence electrons. The Hall–Kier alpha value is -3.33. The summed E-state index contributed by atoms with van der Waals surface area (Å²) >= 11 is 1.39. The van der Waals surface area contributed by atoms with Crippen LogP contribution in [0.2, 0.25) is 0 Å². The number of benzene rings is 1. The summed E-state index contributed by atoms with van der Waals surface area (Å²) in [6.07, 6.45) is 1.11. The van der Waals surface area contributed by atoms with Crippen LogP contribution in [-0.2, 0) is 11.2 Å². The van der Waals surface area contributed by atoms with E-state index in [4.69, 9.17) is 0 Å². The first kappa shape index (κ1) is 20.0.